The summed E-state index contributed by atoms with van der Waals surface area (Å²) in [5, 5.41) is 10.9. The van der Waals surface area contributed by atoms with Crippen LogP contribution in [0.1, 0.15) is 30.0 Å². The Labute approximate surface area is 145 Å². The van der Waals surface area contributed by atoms with Gasteiger partial charge in [0.05, 0.1) is 0 Å². The molecule has 1 heterocycles. The molecule has 0 bridgehead atoms. The highest BCUT2D eigenvalue weighted by Crippen LogP contribution is 2.08. The van der Waals surface area contributed by atoms with Crippen molar-refractivity contribution in [3.8, 4) is 0 Å². The SMILES string of the molecule is CCNC(=NCCCn1cccn1)NCCc1cc(C)cc(C)c1. The van der Waals surface area contributed by atoms with Gasteiger partial charge in [-0.15, -0.1) is 0 Å². The van der Waals surface area contributed by atoms with Gasteiger partial charge in [0.25, 0.3) is 0 Å². The second kappa shape index (κ2) is 9.75. The molecule has 2 aromatic rings. The first-order chi connectivity index (χ1) is 11.7. The van der Waals surface area contributed by atoms with Crippen LogP contribution in [-0.2, 0) is 13.0 Å². The van der Waals surface area contributed by atoms with E-state index < -0.39 is 0 Å². The van der Waals surface area contributed by atoms with Crippen molar-refractivity contribution in [2.45, 2.75) is 40.2 Å². The van der Waals surface area contributed by atoms with E-state index in [-0.39, 0.29) is 0 Å². The number of nitrogens with zero attached hydrogens (tertiary/aromatic N) is 3. The minimum atomic E-state index is 0.790. The van der Waals surface area contributed by atoms with E-state index in [1.165, 1.54) is 16.7 Å². The summed E-state index contributed by atoms with van der Waals surface area (Å²) in [5.74, 6) is 0.891. The van der Waals surface area contributed by atoms with Crippen LogP contribution >= 0.6 is 0 Å². The van der Waals surface area contributed by atoms with E-state index in [0.717, 1.165) is 45.0 Å². The summed E-state index contributed by atoms with van der Waals surface area (Å²) in [6.07, 6.45) is 5.77. The number of hydrogen-bond donors (Lipinski definition) is 2. The molecule has 0 amide bonds. The molecule has 0 spiro atoms. The molecule has 0 atom stereocenters. The molecule has 0 aliphatic carbocycles. The van der Waals surface area contributed by atoms with Gasteiger partial charge in [0.1, 0.15) is 0 Å². The summed E-state index contributed by atoms with van der Waals surface area (Å²) in [4.78, 5) is 4.63. The molecule has 0 radical (unpaired) electrons. The summed E-state index contributed by atoms with van der Waals surface area (Å²) in [7, 11) is 0. The molecule has 5 heteroatoms. The zero-order valence-electron chi connectivity index (χ0n) is 15.0. The van der Waals surface area contributed by atoms with Crippen molar-refractivity contribution in [1.29, 1.82) is 0 Å². The van der Waals surface area contributed by atoms with Crippen LogP contribution in [0.15, 0.2) is 41.7 Å². The second-order valence-corrected chi connectivity index (χ2v) is 6.06. The maximum Gasteiger partial charge on any atom is 0.191 e. The van der Waals surface area contributed by atoms with Gasteiger partial charge in [-0.1, -0.05) is 29.3 Å². The highest BCUT2D eigenvalue weighted by molar-refractivity contribution is 5.79. The quantitative estimate of drug-likeness (QED) is 0.445. The molecular weight excluding hydrogens is 298 g/mol. The van der Waals surface area contributed by atoms with Gasteiger partial charge < -0.3 is 10.6 Å². The standard InChI is InChI=1S/C19H29N5/c1-4-20-19(21-8-5-11-24-12-6-9-23-24)22-10-7-18-14-16(2)13-17(3)15-18/h6,9,12-15H,4-5,7-8,10-11H2,1-3H3,(H2,20,21,22). The second-order valence-electron chi connectivity index (χ2n) is 6.06. The van der Waals surface area contributed by atoms with Gasteiger partial charge in [-0.2, -0.15) is 5.10 Å². The fraction of sp³-hybridized carbons (Fsp3) is 0.474. The van der Waals surface area contributed by atoms with Gasteiger partial charge in [-0.25, -0.2) is 0 Å². The van der Waals surface area contributed by atoms with Crippen molar-refractivity contribution in [3.05, 3.63) is 53.3 Å². The molecule has 0 fully saturated rings. The molecule has 2 rings (SSSR count). The lowest BCUT2D eigenvalue weighted by atomic mass is 10.1. The molecule has 24 heavy (non-hydrogen) atoms. The molecule has 1 aromatic carbocycles. The Bertz CT molecular complexity index is 611. The van der Waals surface area contributed by atoms with Crippen molar-refractivity contribution in [2.24, 2.45) is 4.99 Å². The maximum absolute atomic E-state index is 4.63. The number of hydrogen-bond acceptors (Lipinski definition) is 2. The number of nitrogens with one attached hydrogen (secondary N) is 2. The van der Waals surface area contributed by atoms with Crippen molar-refractivity contribution in [3.63, 3.8) is 0 Å². The molecular formula is C19H29N5. The Balaban J connectivity index is 1.76. The summed E-state index contributed by atoms with van der Waals surface area (Å²) in [6.45, 7) is 9.83. The molecule has 0 aliphatic rings. The Hall–Kier alpha value is -2.30. The number of aryl methyl sites for hydroxylation is 3. The average Bonchev–Trinajstić information content (AvgIpc) is 3.04. The lowest BCUT2D eigenvalue weighted by Crippen LogP contribution is -2.38. The van der Waals surface area contributed by atoms with Crippen LogP contribution in [-0.4, -0.2) is 35.4 Å². The smallest absolute Gasteiger partial charge is 0.191 e. The van der Waals surface area contributed by atoms with Crippen molar-refractivity contribution in [1.82, 2.24) is 20.4 Å². The molecule has 0 saturated heterocycles. The largest absolute Gasteiger partial charge is 0.357 e. The van der Waals surface area contributed by atoms with E-state index >= 15 is 0 Å². The van der Waals surface area contributed by atoms with Crippen LogP contribution in [0.5, 0.6) is 0 Å². The summed E-state index contributed by atoms with van der Waals surface area (Å²) in [5.41, 5.74) is 4.02. The van der Waals surface area contributed by atoms with Gasteiger partial charge in [0.15, 0.2) is 5.96 Å². The molecule has 2 N–H and O–H groups in total. The van der Waals surface area contributed by atoms with E-state index in [2.05, 4.69) is 59.7 Å². The summed E-state index contributed by atoms with van der Waals surface area (Å²) in [6, 6.07) is 8.66. The lowest BCUT2D eigenvalue weighted by molar-refractivity contribution is 0.584. The number of guanidine groups is 1. The van der Waals surface area contributed by atoms with Gasteiger partial charge in [0.2, 0.25) is 0 Å². The zero-order valence-corrected chi connectivity index (χ0v) is 15.0. The minimum absolute atomic E-state index is 0.790. The van der Waals surface area contributed by atoms with E-state index in [1.807, 2.05) is 23.1 Å². The number of aromatic nitrogens is 2. The summed E-state index contributed by atoms with van der Waals surface area (Å²) >= 11 is 0. The first-order valence-corrected chi connectivity index (χ1v) is 8.74. The van der Waals surface area contributed by atoms with Crippen molar-refractivity contribution < 1.29 is 0 Å². The topological polar surface area (TPSA) is 54.2 Å². The molecule has 5 nitrogen and oxygen atoms in total. The lowest BCUT2D eigenvalue weighted by Gasteiger charge is -2.12. The maximum atomic E-state index is 4.63. The molecule has 0 aliphatic heterocycles. The fourth-order valence-electron chi connectivity index (χ4n) is 2.74. The zero-order chi connectivity index (χ0) is 17.2. The minimum Gasteiger partial charge on any atom is -0.357 e. The van der Waals surface area contributed by atoms with Crippen LogP contribution in [0.4, 0.5) is 0 Å². The van der Waals surface area contributed by atoms with Gasteiger partial charge in [-0.3, -0.25) is 9.67 Å². The number of aliphatic imine (C=N–C) groups is 1. The Morgan fingerprint density at radius 1 is 1.17 bits per heavy atom. The molecule has 0 unspecified atom stereocenters. The third-order valence-corrected chi connectivity index (χ3v) is 3.71. The van der Waals surface area contributed by atoms with Crippen molar-refractivity contribution in [2.75, 3.05) is 19.6 Å². The van der Waals surface area contributed by atoms with E-state index in [1.54, 1.807) is 0 Å². The highest BCUT2D eigenvalue weighted by atomic mass is 15.3. The van der Waals surface area contributed by atoms with E-state index in [9.17, 15) is 0 Å². The molecule has 0 saturated carbocycles. The van der Waals surface area contributed by atoms with Crippen LogP contribution in [0, 0.1) is 13.8 Å². The highest BCUT2D eigenvalue weighted by Gasteiger charge is 1.99. The monoisotopic (exact) mass is 327 g/mol. The fourth-order valence-corrected chi connectivity index (χ4v) is 2.74. The molecule has 1 aromatic heterocycles. The van der Waals surface area contributed by atoms with E-state index in [4.69, 9.17) is 0 Å². The van der Waals surface area contributed by atoms with Crippen LogP contribution in [0.3, 0.4) is 0 Å². The van der Waals surface area contributed by atoms with Crippen LogP contribution in [0.25, 0.3) is 0 Å². The first kappa shape index (κ1) is 18.0. The number of benzene rings is 1. The Kier molecular flexibility index (Phi) is 7.33. The van der Waals surface area contributed by atoms with Crippen molar-refractivity contribution >= 4 is 5.96 Å². The van der Waals surface area contributed by atoms with Crippen LogP contribution < -0.4 is 10.6 Å². The van der Waals surface area contributed by atoms with Gasteiger partial charge >= 0.3 is 0 Å². The summed E-state index contributed by atoms with van der Waals surface area (Å²) < 4.78 is 1.94. The van der Waals surface area contributed by atoms with E-state index in [0.29, 0.717) is 0 Å². The van der Waals surface area contributed by atoms with Crippen LogP contribution in [0.2, 0.25) is 0 Å². The number of rotatable bonds is 8. The Morgan fingerprint density at radius 3 is 2.62 bits per heavy atom. The normalized spacial score (nSPS) is 11.5. The first-order valence-electron chi connectivity index (χ1n) is 8.74. The predicted octanol–water partition coefficient (Wildman–Crippen LogP) is 2.69. The van der Waals surface area contributed by atoms with Gasteiger partial charge in [-0.05, 0) is 45.2 Å². The Morgan fingerprint density at radius 2 is 1.96 bits per heavy atom. The predicted molar refractivity (Wildman–Crippen MR) is 100 cm³/mol. The molecule has 130 valence electrons. The average molecular weight is 327 g/mol. The van der Waals surface area contributed by atoms with Gasteiger partial charge in [0, 0.05) is 38.6 Å². The third-order valence-electron chi connectivity index (χ3n) is 3.71. The third kappa shape index (κ3) is 6.44.